The Morgan fingerprint density at radius 1 is 0.949 bits per heavy atom. The van der Waals surface area contributed by atoms with E-state index in [4.69, 9.17) is 24.7 Å². The molecule has 4 heterocycles. The van der Waals surface area contributed by atoms with Crippen molar-refractivity contribution in [1.82, 2.24) is 25.3 Å². The molecule has 0 aliphatic carbocycles. The largest absolute Gasteiger partial charge is 1.00 e. The minimum atomic E-state index is 0. The molecule has 11 heteroatoms. The van der Waals surface area contributed by atoms with E-state index in [-0.39, 0.29) is 35.0 Å². The zero-order valence-electron chi connectivity index (χ0n) is 22.1. The van der Waals surface area contributed by atoms with Gasteiger partial charge in [0.2, 0.25) is 11.8 Å². The number of ether oxygens (including phenoxy) is 1. The summed E-state index contributed by atoms with van der Waals surface area (Å²) in [6, 6.07) is 15.5. The quantitative estimate of drug-likeness (QED) is 0.247. The molecule has 0 atom stereocenters. The fourth-order valence-electron chi connectivity index (χ4n) is 4.58. The van der Waals surface area contributed by atoms with Gasteiger partial charge in [-0.25, -0.2) is 15.0 Å². The summed E-state index contributed by atoms with van der Waals surface area (Å²) in [6.45, 7) is 8.02. The molecule has 0 radical (unpaired) electrons. The van der Waals surface area contributed by atoms with E-state index >= 15 is 0 Å². The fraction of sp³-hybridized carbons (Fsp3) is 0.250. The van der Waals surface area contributed by atoms with Crippen molar-refractivity contribution in [2.45, 2.75) is 13.8 Å². The molecule has 5 aromatic rings. The van der Waals surface area contributed by atoms with Gasteiger partial charge in [-0.3, -0.25) is 0 Å². The van der Waals surface area contributed by atoms with E-state index in [0.717, 1.165) is 69.0 Å². The van der Waals surface area contributed by atoms with E-state index in [1.807, 2.05) is 56.5 Å². The number of anilines is 1. The number of piperazine rings is 1. The smallest absolute Gasteiger partial charge is 0.870 e. The number of benzene rings is 2. The summed E-state index contributed by atoms with van der Waals surface area (Å²) in [6.07, 6.45) is 1.91. The maximum Gasteiger partial charge on any atom is 1.00 e. The van der Waals surface area contributed by atoms with Crippen LogP contribution < -0.4 is 44.5 Å². The van der Waals surface area contributed by atoms with Gasteiger partial charge in [0.15, 0.2) is 5.82 Å². The summed E-state index contributed by atoms with van der Waals surface area (Å²) in [5.74, 6) is 1.96. The summed E-state index contributed by atoms with van der Waals surface area (Å²) < 4.78 is 6.85. The minimum Gasteiger partial charge on any atom is -0.870 e. The molecule has 0 spiro atoms. The van der Waals surface area contributed by atoms with Crippen LogP contribution in [-0.2, 0) is 4.79 Å². The van der Waals surface area contributed by atoms with E-state index in [2.05, 4.69) is 10.2 Å². The van der Waals surface area contributed by atoms with E-state index in [1.54, 1.807) is 23.5 Å². The van der Waals surface area contributed by atoms with E-state index in [9.17, 15) is 4.79 Å². The first-order chi connectivity index (χ1) is 18.1. The number of thiophene rings is 1. The Balaban J connectivity index is 0.00000176. The van der Waals surface area contributed by atoms with Crippen molar-refractivity contribution in [3.63, 3.8) is 0 Å². The van der Waals surface area contributed by atoms with Gasteiger partial charge in [-0.05, 0) is 25.0 Å². The zero-order chi connectivity index (χ0) is 25.4. The van der Waals surface area contributed by atoms with Gasteiger partial charge in [0.1, 0.15) is 15.0 Å². The number of aromatic nitrogens is 4. The van der Waals surface area contributed by atoms with Gasteiger partial charge >= 0.3 is 29.6 Å². The van der Waals surface area contributed by atoms with Crippen molar-refractivity contribution >= 4 is 44.0 Å². The molecule has 0 bridgehead atoms. The van der Waals surface area contributed by atoms with Crippen molar-refractivity contribution < 1.29 is 44.6 Å². The topological polar surface area (TPSA) is 123 Å². The summed E-state index contributed by atoms with van der Waals surface area (Å²) in [5, 5.41) is 4.33. The van der Waals surface area contributed by atoms with Crippen LogP contribution in [0.2, 0.25) is 0 Å². The third-order valence-electron chi connectivity index (χ3n) is 6.48. The van der Waals surface area contributed by atoms with Gasteiger partial charge in [-0.2, -0.15) is 22.7 Å². The molecule has 1 aliphatic heterocycles. The van der Waals surface area contributed by atoms with Crippen LogP contribution in [0.25, 0.3) is 42.9 Å². The molecule has 1 fully saturated rings. The SMILES string of the molecule is CCOc1nc(N2CCNCC2)nc2c1sc1nc(-c3ccc(-c4ccc([C-]=O)cc4)cc3)nc(C)c12.[Na+].[OH-]. The maximum absolute atomic E-state index is 10.8. The van der Waals surface area contributed by atoms with Crippen molar-refractivity contribution in [3.05, 3.63) is 59.8 Å². The summed E-state index contributed by atoms with van der Waals surface area (Å²) in [5.41, 5.74) is 5.29. The first-order valence-corrected chi connectivity index (χ1v) is 13.1. The number of hydrogen-bond donors (Lipinski definition) is 1. The predicted octanol–water partition coefficient (Wildman–Crippen LogP) is 1.37. The molecule has 0 amide bonds. The molecule has 0 unspecified atom stereocenters. The second kappa shape index (κ2) is 12.5. The number of rotatable bonds is 6. The molecule has 0 saturated carbocycles. The van der Waals surface area contributed by atoms with Gasteiger partial charge in [0.05, 0.1) is 24.0 Å². The first-order valence-electron chi connectivity index (χ1n) is 12.3. The van der Waals surface area contributed by atoms with Crippen LogP contribution in [0.5, 0.6) is 5.88 Å². The molecule has 1 aliphatic rings. The normalized spacial score (nSPS) is 13.1. The van der Waals surface area contributed by atoms with Crippen molar-refractivity contribution in [2.75, 3.05) is 37.7 Å². The molecule has 3 aromatic heterocycles. The zero-order valence-corrected chi connectivity index (χ0v) is 24.9. The predicted molar refractivity (Wildman–Crippen MR) is 149 cm³/mol. The second-order valence-corrected chi connectivity index (χ2v) is 9.85. The summed E-state index contributed by atoms with van der Waals surface area (Å²) in [7, 11) is 0. The third-order valence-corrected chi connectivity index (χ3v) is 7.54. The standard InChI is InChI=1S/C28H25N6O2S.Na.H2O/c1-3-36-26-24-23(31-28(33-26)34-14-12-29-13-15-34)22-17(2)30-25(32-27(22)37-24)21-10-8-20(9-11-21)19-6-4-18(16-35)5-7-19;;/h4-11,29H,3,12-15H2,1-2H3;;1H2/q-1;+1;/p-1. The van der Waals surface area contributed by atoms with Crippen LogP contribution >= 0.6 is 11.3 Å². The molecule has 2 aromatic carbocycles. The van der Waals surface area contributed by atoms with Crippen molar-refractivity contribution in [2.24, 2.45) is 0 Å². The Morgan fingerprint density at radius 2 is 1.59 bits per heavy atom. The Kier molecular flexibility index (Phi) is 9.27. The van der Waals surface area contributed by atoms with Crippen LogP contribution in [0.4, 0.5) is 5.95 Å². The number of nitrogens with zero attached hydrogens (tertiary/aromatic N) is 5. The van der Waals surface area contributed by atoms with Gasteiger partial charge < -0.3 is 25.2 Å². The van der Waals surface area contributed by atoms with Gasteiger partial charge in [0.25, 0.3) is 0 Å². The van der Waals surface area contributed by atoms with Gasteiger partial charge in [-0.1, -0.05) is 24.3 Å². The Morgan fingerprint density at radius 3 is 2.23 bits per heavy atom. The van der Waals surface area contributed by atoms with Crippen LogP contribution in [0.15, 0.2) is 48.5 Å². The molecular formula is C28H26N6NaO3S-. The number of nitrogens with one attached hydrogen (secondary N) is 1. The van der Waals surface area contributed by atoms with Crippen molar-refractivity contribution in [1.29, 1.82) is 0 Å². The third kappa shape index (κ3) is 5.67. The van der Waals surface area contributed by atoms with Gasteiger partial charge in [0, 0.05) is 31.7 Å². The second-order valence-electron chi connectivity index (χ2n) is 8.85. The van der Waals surface area contributed by atoms with Crippen LogP contribution in [0.3, 0.4) is 0 Å². The Labute approximate surface area is 252 Å². The molecule has 39 heavy (non-hydrogen) atoms. The van der Waals surface area contributed by atoms with Gasteiger partial charge in [-0.15, -0.1) is 23.5 Å². The van der Waals surface area contributed by atoms with E-state index in [0.29, 0.717) is 29.8 Å². The first kappa shape index (κ1) is 29.0. The molecule has 6 rings (SSSR count). The average Bonchev–Trinajstić information content (AvgIpc) is 3.33. The molecule has 2 N–H and O–H groups in total. The molecule has 1 saturated heterocycles. The Hall–Kier alpha value is -2.99. The minimum absolute atomic E-state index is 0. The number of aryl methyl sites for hydroxylation is 1. The number of carbonyl (C=O) groups excluding carboxylic acids is 1. The van der Waals surface area contributed by atoms with Crippen molar-refractivity contribution in [3.8, 4) is 28.4 Å². The molecule has 194 valence electrons. The van der Waals surface area contributed by atoms with E-state index in [1.165, 1.54) is 0 Å². The number of fused-ring (bicyclic) bond motifs is 3. The van der Waals surface area contributed by atoms with Crippen LogP contribution in [0, 0.1) is 6.92 Å². The molecular weight excluding hydrogens is 523 g/mol. The number of hydrogen-bond acceptors (Lipinski definition) is 10. The van der Waals surface area contributed by atoms with Crippen LogP contribution in [0.1, 0.15) is 18.2 Å². The monoisotopic (exact) mass is 549 g/mol. The fourth-order valence-corrected chi connectivity index (χ4v) is 5.69. The maximum atomic E-state index is 10.8. The Bertz CT molecular complexity index is 1600. The average molecular weight is 550 g/mol. The summed E-state index contributed by atoms with van der Waals surface area (Å²) >= 11 is 1.55. The molecule has 9 nitrogen and oxygen atoms in total. The van der Waals surface area contributed by atoms with Crippen LogP contribution in [-0.4, -0.2) is 64.5 Å². The summed E-state index contributed by atoms with van der Waals surface area (Å²) in [4.78, 5) is 33.4. The van der Waals surface area contributed by atoms with E-state index < -0.39 is 0 Å².